The van der Waals surface area contributed by atoms with Crippen molar-refractivity contribution in [3.05, 3.63) is 277 Å². The smallest absolute Gasteiger partial charge is 0.0788 e. The first-order chi connectivity index (χ1) is 34.7. The van der Waals surface area contributed by atoms with E-state index in [-0.39, 0.29) is 0 Å². The second-order valence-electron chi connectivity index (χ2n) is 18.9. The molecule has 2 heterocycles. The third-order valence-electron chi connectivity index (χ3n) is 15.4. The van der Waals surface area contributed by atoms with Gasteiger partial charge in [-0.05, 0) is 142 Å². The van der Waals surface area contributed by atoms with Gasteiger partial charge in [-0.2, -0.15) is 0 Å². The molecule has 0 radical (unpaired) electrons. The van der Waals surface area contributed by atoms with Gasteiger partial charge in [-0.25, -0.2) is 4.98 Å². The molecule has 2 heteroatoms. The molecule has 12 aromatic carbocycles. The Kier molecular flexibility index (Phi) is 8.31. The number of benzene rings is 12. The molecule has 324 valence electrons. The van der Waals surface area contributed by atoms with Crippen molar-refractivity contribution in [1.29, 1.82) is 0 Å². The maximum Gasteiger partial charge on any atom is 0.0788 e. The molecule has 1 aliphatic heterocycles. The fraction of sp³-hybridized carbons (Fsp3) is 0.0147. The van der Waals surface area contributed by atoms with E-state index in [1.54, 1.807) is 0 Å². The molecule has 0 fully saturated rings. The van der Waals surface area contributed by atoms with Crippen molar-refractivity contribution >= 4 is 71.1 Å². The van der Waals surface area contributed by atoms with Gasteiger partial charge >= 0.3 is 0 Å². The van der Waals surface area contributed by atoms with Crippen molar-refractivity contribution in [2.45, 2.75) is 5.41 Å². The summed E-state index contributed by atoms with van der Waals surface area (Å²) in [5.41, 5.74) is 18.3. The Hall–Kier alpha value is -9.11. The summed E-state index contributed by atoms with van der Waals surface area (Å²) in [6, 6.07) is 94.3. The van der Waals surface area contributed by atoms with Crippen LogP contribution in [0.5, 0.6) is 0 Å². The first kappa shape index (κ1) is 38.9. The minimum atomic E-state index is -0.566. The summed E-state index contributed by atoms with van der Waals surface area (Å²) in [7, 11) is 0. The van der Waals surface area contributed by atoms with Gasteiger partial charge in [-0.1, -0.05) is 206 Å². The van der Waals surface area contributed by atoms with Gasteiger partial charge < -0.3 is 4.90 Å². The number of nitrogens with zero attached hydrogens (tertiary/aromatic N) is 2. The predicted molar refractivity (Wildman–Crippen MR) is 294 cm³/mol. The highest BCUT2D eigenvalue weighted by atomic mass is 15.2. The minimum absolute atomic E-state index is 0.566. The Morgan fingerprint density at radius 2 is 0.757 bits per heavy atom. The zero-order valence-corrected chi connectivity index (χ0v) is 38.1. The number of pyridine rings is 1. The molecule has 0 atom stereocenters. The van der Waals surface area contributed by atoms with Gasteiger partial charge in [0.1, 0.15) is 0 Å². The summed E-state index contributed by atoms with van der Waals surface area (Å²) in [4.78, 5) is 8.14. The number of anilines is 3. The summed E-state index contributed by atoms with van der Waals surface area (Å²) < 4.78 is 0. The van der Waals surface area contributed by atoms with E-state index in [1.807, 2.05) is 0 Å². The lowest BCUT2D eigenvalue weighted by Crippen LogP contribution is -2.36. The quantitative estimate of drug-likeness (QED) is 0.164. The van der Waals surface area contributed by atoms with Gasteiger partial charge in [0.15, 0.2) is 0 Å². The van der Waals surface area contributed by atoms with Crippen LogP contribution in [-0.2, 0) is 5.41 Å². The number of para-hydroxylation sites is 2. The van der Waals surface area contributed by atoms with E-state index < -0.39 is 5.41 Å². The molecule has 0 unspecified atom stereocenters. The molecule has 15 rings (SSSR count). The molecule has 1 aliphatic carbocycles. The molecule has 0 N–H and O–H groups in total. The fourth-order valence-corrected chi connectivity index (χ4v) is 12.4. The van der Waals surface area contributed by atoms with Crippen molar-refractivity contribution < 1.29 is 0 Å². The highest BCUT2D eigenvalue weighted by molar-refractivity contribution is 6.26. The Balaban J connectivity index is 0.969. The van der Waals surface area contributed by atoms with Gasteiger partial charge in [0.05, 0.1) is 28.0 Å². The fourth-order valence-electron chi connectivity index (χ4n) is 12.4. The van der Waals surface area contributed by atoms with E-state index in [2.05, 4.69) is 260 Å². The van der Waals surface area contributed by atoms with Crippen molar-refractivity contribution in [3.63, 3.8) is 0 Å². The van der Waals surface area contributed by atoms with E-state index in [4.69, 9.17) is 4.98 Å². The summed E-state index contributed by atoms with van der Waals surface area (Å²) in [6.07, 6.45) is 0. The molecule has 13 aromatic rings. The molecule has 0 bridgehead atoms. The zero-order chi connectivity index (χ0) is 45.9. The van der Waals surface area contributed by atoms with Gasteiger partial charge in [0, 0.05) is 22.0 Å². The van der Waals surface area contributed by atoms with Crippen LogP contribution in [-0.4, -0.2) is 4.98 Å². The second kappa shape index (κ2) is 14.9. The van der Waals surface area contributed by atoms with Crippen LogP contribution in [0, 0.1) is 0 Å². The lowest BCUT2D eigenvalue weighted by molar-refractivity contribution is 0.754. The Morgan fingerprint density at radius 1 is 0.271 bits per heavy atom. The number of rotatable bonds is 4. The molecule has 0 saturated heterocycles. The molecular weight excluding hydrogens is 845 g/mol. The molecule has 0 saturated carbocycles. The van der Waals surface area contributed by atoms with Crippen molar-refractivity contribution in [2.24, 2.45) is 0 Å². The predicted octanol–water partition coefficient (Wildman–Crippen LogP) is 18.0. The van der Waals surface area contributed by atoms with E-state index in [0.29, 0.717) is 0 Å². The molecule has 2 aliphatic rings. The Morgan fingerprint density at radius 3 is 1.43 bits per heavy atom. The molecular formula is C68H42N2. The Bertz CT molecular complexity index is 4220. The summed E-state index contributed by atoms with van der Waals surface area (Å²) in [5.74, 6) is 0. The van der Waals surface area contributed by atoms with Crippen molar-refractivity contribution in [2.75, 3.05) is 4.90 Å². The van der Waals surface area contributed by atoms with Gasteiger partial charge in [0.2, 0.25) is 0 Å². The third kappa shape index (κ3) is 5.47. The number of fused-ring (bicyclic) bond motifs is 18. The van der Waals surface area contributed by atoms with Crippen LogP contribution in [0.4, 0.5) is 17.1 Å². The van der Waals surface area contributed by atoms with Gasteiger partial charge in [0.25, 0.3) is 0 Å². The van der Waals surface area contributed by atoms with E-state index in [1.165, 1.54) is 87.9 Å². The summed E-state index contributed by atoms with van der Waals surface area (Å²) >= 11 is 0. The molecule has 70 heavy (non-hydrogen) atoms. The number of aromatic nitrogens is 1. The topological polar surface area (TPSA) is 16.1 Å². The number of hydrogen-bond acceptors (Lipinski definition) is 2. The SMILES string of the molecule is c1ccc(-c2nc3cc(-c4cccc(-c5ccc6c7ccccc7c7ccccc7c6c5)c4)ccc3c3cc4c(cc23)N(c2ccccc2)c2ccccc2C42c3ccccc3-c3ccccc32)cc1. The third-order valence-corrected chi connectivity index (χ3v) is 15.4. The van der Waals surface area contributed by atoms with Crippen LogP contribution in [0.1, 0.15) is 22.3 Å². The first-order valence-corrected chi connectivity index (χ1v) is 24.3. The van der Waals surface area contributed by atoms with Crippen LogP contribution in [0.3, 0.4) is 0 Å². The van der Waals surface area contributed by atoms with Crippen LogP contribution < -0.4 is 4.90 Å². The monoisotopic (exact) mass is 886 g/mol. The number of hydrogen-bond donors (Lipinski definition) is 0. The van der Waals surface area contributed by atoms with Crippen LogP contribution in [0.2, 0.25) is 0 Å². The van der Waals surface area contributed by atoms with E-state index in [9.17, 15) is 0 Å². The average Bonchev–Trinajstić information content (AvgIpc) is 3.74. The van der Waals surface area contributed by atoms with Crippen LogP contribution in [0.15, 0.2) is 255 Å². The highest BCUT2D eigenvalue weighted by Gasteiger charge is 2.51. The standard InChI is InChI=1S/C68H42N2/c1-3-18-43(19-4-1)67-59-42-66-63(68(60-30-13-11-28-54(60)55-29-12-14-31-61(55)68)62-32-15-16-33-65(62)70(66)48-22-5-2-6-23-48)41-58(59)56-37-35-47(40-64(56)69-67)45-21-17-20-44(38-45)46-34-36-53-51-26-8-7-24-49(51)50-25-9-10-27-52(50)57(53)39-46/h1-42H. The molecule has 0 amide bonds. The first-order valence-electron chi connectivity index (χ1n) is 24.3. The normalized spacial score (nSPS) is 13.2. The second-order valence-corrected chi connectivity index (χ2v) is 18.9. The van der Waals surface area contributed by atoms with E-state index >= 15 is 0 Å². The van der Waals surface area contributed by atoms with E-state index in [0.717, 1.165) is 50.0 Å². The van der Waals surface area contributed by atoms with Gasteiger partial charge in [-0.3, -0.25) is 0 Å². The van der Waals surface area contributed by atoms with Gasteiger partial charge in [-0.15, -0.1) is 0 Å². The minimum Gasteiger partial charge on any atom is -0.310 e. The molecule has 2 nitrogen and oxygen atoms in total. The summed E-state index contributed by atoms with van der Waals surface area (Å²) in [5, 5.41) is 11.1. The van der Waals surface area contributed by atoms with Crippen molar-refractivity contribution in [1.82, 2.24) is 4.98 Å². The highest BCUT2D eigenvalue weighted by Crippen LogP contribution is 2.64. The molecule has 1 aromatic heterocycles. The van der Waals surface area contributed by atoms with Crippen LogP contribution >= 0.6 is 0 Å². The lowest BCUT2D eigenvalue weighted by atomic mass is 9.64. The maximum absolute atomic E-state index is 5.66. The van der Waals surface area contributed by atoms with Crippen LogP contribution in [0.25, 0.3) is 98.6 Å². The lowest BCUT2D eigenvalue weighted by Gasteiger charge is -2.45. The summed E-state index contributed by atoms with van der Waals surface area (Å²) in [6.45, 7) is 0. The average molecular weight is 887 g/mol. The van der Waals surface area contributed by atoms with Crippen molar-refractivity contribution in [3.8, 4) is 44.6 Å². The molecule has 1 spiro atoms. The maximum atomic E-state index is 5.66. The Labute approximate surface area is 406 Å². The zero-order valence-electron chi connectivity index (χ0n) is 38.1. The largest absolute Gasteiger partial charge is 0.310 e.